The Morgan fingerprint density at radius 2 is 1.21 bits per heavy atom. The number of aliphatic carboxylic acids is 1. The van der Waals surface area contributed by atoms with Crippen molar-refractivity contribution in [1.29, 1.82) is 0 Å². The van der Waals surface area contributed by atoms with Crippen molar-refractivity contribution in [2.24, 2.45) is 0 Å². The van der Waals surface area contributed by atoms with Gasteiger partial charge in [-0.1, -0.05) is 18.2 Å². The maximum absolute atomic E-state index is 12.5. The van der Waals surface area contributed by atoms with E-state index in [4.69, 9.17) is 9.84 Å². The lowest BCUT2D eigenvalue weighted by Gasteiger charge is -2.20. The summed E-state index contributed by atoms with van der Waals surface area (Å²) in [7, 11) is 0. The number of carboxylic acid groups (broad SMARTS) is 2. The Labute approximate surface area is 221 Å². The number of hydrogen-bond donors (Lipinski definition) is 4. The smallest absolute Gasteiger partial charge is 0.345 e. The molecule has 198 valence electrons. The van der Waals surface area contributed by atoms with Gasteiger partial charge in [-0.25, -0.2) is 14.4 Å². The van der Waals surface area contributed by atoms with Crippen molar-refractivity contribution >= 4 is 35.7 Å². The van der Waals surface area contributed by atoms with E-state index in [9.17, 15) is 33.9 Å². The van der Waals surface area contributed by atoms with E-state index in [0.29, 0.717) is 12.8 Å². The normalized spacial score (nSPS) is 11.4. The van der Waals surface area contributed by atoms with Gasteiger partial charge >= 0.3 is 23.9 Å². The first-order valence-electron chi connectivity index (χ1n) is 11.7. The molecular formula is C28H22N2O9. The van der Waals surface area contributed by atoms with Gasteiger partial charge in [-0.3, -0.25) is 14.4 Å². The molecule has 2 amide bonds. The molecule has 3 aromatic carbocycles. The van der Waals surface area contributed by atoms with E-state index in [1.54, 1.807) is 24.3 Å². The van der Waals surface area contributed by atoms with E-state index < -0.39 is 48.8 Å². The Kier molecular flexibility index (Phi) is 7.80. The van der Waals surface area contributed by atoms with Crippen LogP contribution in [-0.2, 0) is 27.2 Å². The number of carbonyl (C=O) groups excluding carboxylic acids is 4. The molecule has 11 nitrogen and oxygen atoms in total. The predicted molar refractivity (Wildman–Crippen MR) is 135 cm³/mol. The van der Waals surface area contributed by atoms with Gasteiger partial charge in [-0.15, -0.1) is 0 Å². The molecule has 0 atom stereocenters. The third-order valence-corrected chi connectivity index (χ3v) is 6.03. The molecule has 39 heavy (non-hydrogen) atoms. The van der Waals surface area contributed by atoms with Gasteiger partial charge in [-0.2, -0.15) is 0 Å². The van der Waals surface area contributed by atoms with Crippen LogP contribution in [0.25, 0.3) is 11.1 Å². The van der Waals surface area contributed by atoms with Crippen molar-refractivity contribution in [3.05, 3.63) is 94.0 Å². The molecule has 1 aliphatic rings. The number of carboxylic acids is 2. The van der Waals surface area contributed by atoms with Crippen LogP contribution in [0.1, 0.15) is 52.6 Å². The molecule has 0 aromatic heterocycles. The Morgan fingerprint density at radius 3 is 1.77 bits per heavy atom. The number of rotatable bonds is 8. The molecule has 1 aliphatic carbocycles. The molecule has 4 N–H and O–H groups in total. The first-order chi connectivity index (χ1) is 18.6. The largest absolute Gasteiger partial charge is 0.480 e. The summed E-state index contributed by atoms with van der Waals surface area (Å²) in [6.45, 7) is -1.19. The zero-order valence-electron chi connectivity index (χ0n) is 20.4. The molecule has 0 fully saturated rings. The number of esters is 2. The summed E-state index contributed by atoms with van der Waals surface area (Å²) in [6.07, 6.45) is 1.17. The molecule has 0 saturated carbocycles. The molecule has 0 radical (unpaired) electrons. The van der Waals surface area contributed by atoms with Crippen LogP contribution in [0.5, 0.6) is 0 Å². The van der Waals surface area contributed by atoms with E-state index in [1.807, 2.05) is 0 Å². The highest BCUT2D eigenvalue weighted by atomic mass is 16.6. The quantitative estimate of drug-likeness (QED) is 0.251. The predicted octanol–water partition coefficient (Wildman–Crippen LogP) is 2.08. The number of carbonyl (C=O) groups is 6. The van der Waals surface area contributed by atoms with Gasteiger partial charge in [-0.05, 0) is 77.6 Å². The third-order valence-electron chi connectivity index (χ3n) is 6.03. The highest BCUT2D eigenvalue weighted by Gasteiger charge is 2.21. The minimum Gasteiger partial charge on any atom is -0.480 e. The van der Waals surface area contributed by atoms with Crippen LogP contribution in [0, 0.1) is 0 Å². The molecular weight excluding hydrogens is 508 g/mol. The van der Waals surface area contributed by atoms with Crippen molar-refractivity contribution in [1.82, 2.24) is 10.6 Å². The number of benzene rings is 3. The lowest BCUT2D eigenvalue weighted by molar-refractivity contribution is -0.137. The highest BCUT2D eigenvalue weighted by molar-refractivity contribution is 6.02. The van der Waals surface area contributed by atoms with Gasteiger partial charge in [0.1, 0.15) is 13.1 Å². The molecule has 0 unspecified atom stereocenters. The molecule has 0 aliphatic heterocycles. The summed E-state index contributed by atoms with van der Waals surface area (Å²) < 4.78 is 4.86. The number of fused-ring (bicyclic) bond motifs is 3. The molecule has 4 rings (SSSR count). The van der Waals surface area contributed by atoms with Crippen LogP contribution in [-0.4, -0.2) is 59.0 Å². The maximum atomic E-state index is 12.5. The van der Waals surface area contributed by atoms with Crippen LogP contribution in [0.2, 0.25) is 0 Å². The molecule has 0 spiro atoms. The fourth-order valence-electron chi connectivity index (χ4n) is 4.17. The second kappa shape index (κ2) is 11.4. The summed E-state index contributed by atoms with van der Waals surface area (Å²) >= 11 is 0. The molecule has 3 aromatic rings. The molecule has 11 heteroatoms. The average molecular weight is 530 g/mol. The average Bonchev–Trinajstić information content (AvgIpc) is 2.93. The van der Waals surface area contributed by atoms with Crippen LogP contribution in [0.15, 0.2) is 60.7 Å². The van der Waals surface area contributed by atoms with Gasteiger partial charge in [0, 0.05) is 11.1 Å². The Bertz CT molecular complexity index is 1530. The van der Waals surface area contributed by atoms with Gasteiger partial charge < -0.3 is 25.6 Å². The zero-order valence-corrected chi connectivity index (χ0v) is 20.4. The maximum Gasteiger partial charge on any atom is 0.345 e. The molecule has 0 heterocycles. The first-order valence-corrected chi connectivity index (χ1v) is 11.7. The van der Waals surface area contributed by atoms with Crippen molar-refractivity contribution in [3.63, 3.8) is 0 Å². The zero-order chi connectivity index (χ0) is 28.1. The first kappa shape index (κ1) is 26.7. The van der Waals surface area contributed by atoms with Crippen LogP contribution < -0.4 is 10.6 Å². The molecule has 0 saturated heterocycles. The summed E-state index contributed by atoms with van der Waals surface area (Å²) in [5.74, 6) is -5.49. The van der Waals surface area contributed by atoms with Gasteiger partial charge in [0.2, 0.25) is 0 Å². The number of amides is 2. The number of aryl methyl sites for hydroxylation is 2. The van der Waals surface area contributed by atoms with Gasteiger partial charge in [0.15, 0.2) is 0 Å². The van der Waals surface area contributed by atoms with E-state index in [1.165, 1.54) is 36.4 Å². The fourth-order valence-corrected chi connectivity index (χ4v) is 4.17. The molecule has 0 bridgehead atoms. The highest BCUT2D eigenvalue weighted by Crippen LogP contribution is 2.34. The summed E-state index contributed by atoms with van der Waals surface area (Å²) in [4.78, 5) is 71.0. The number of aromatic carboxylic acids is 1. The topological polar surface area (TPSA) is 176 Å². The fraction of sp³-hybridized carbons (Fsp3) is 0.143. The second-order valence-electron chi connectivity index (χ2n) is 8.65. The monoisotopic (exact) mass is 530 g/mol. The lowest BCUT2D eigenvalue weighted by Crippen LogP contribution is -2.32. The standard InChI is InChI=1S/C28H22N2O9/c31-23(32)13-29-25(34)17-2-1-3-18(12-17)26(35)30-14-24(33)39-28(38)20-7-9-22-16(11-20)5-4-15-10-19(27(36)37)6-8-21(15)22/h1-3,6-12H,4-5,13-14H2,(H,29,34)(H,30,35)(H,31,32)(H,36,37). The van der Waals surface area contributed by atoms with E-state index in [-0.39, 0.29) is 22.3 Å². The van der Waals surface area contributed by atoms with Crippen molar-refractivity contribution in [3.8, 4) is 11.1 Å². The minimum atomic E-state index is -1.22. The van der Waals surface area contributed by atoms with E-state index in [0.717, 1.165) is 22.3 Å². The number of hydrogen-bond acceptors (Lipinski definition) is 7. The summed E-state index contributed by atoms with van der Waals surface area (Å²) in [5.41, 5.74) is 3.95. The van der Waals surface area contributed by atoms with Crippen LogP contribution >= 0.6 is 0 Å². The summed E-state index contributed by atoms with van der Waals surface area (Å²) in [6, 6.07) is 15.2. The lowest BCUT2D eigenvalue weighted by atomic mass is 9.84. The number of nitrogens with one attached hydrogen (secondary N) is 2. The SMILES string of the molecule is O=C(O)CNC(=O)c1cccc(C(=O)NCC(=O)OC(=O)c2ccc3c(c2)CCc2cc(C(=O)O)ccc2-3)c1. The van der Waals surface area contributed by atoms with Gasteiger partial charge in [0.25, 0.3) is 11.8 Å². The summed E-state index contributed by atoms with van der Waals surface area (Å²) in [5, 5.41) is 22.4. The van der Waals surface area contributed by atoms with Crippen molar-refractivity contribution in [2.45, 2.75) is 12.8 Å². The third kappa shape index (κ3) is 6.34. The van der Waals surface area contributed by atoms with E-state index >= 15 is 0 Å². The van der Waals surface area contributed by atoms with Crippen molar-refractivity contribution in [2.75, 3.05) is 13.1 Å². The van der Waals surface area contributed by atoms with Crippen molar-refractivity contribution < 1.29 is 43.7 Å². The Hall–Kier alpha value is -5.32. The minimum absolute atomic E-state index is 0.0440. The Balaban J connectivity index is 1.35. The second-order valence-corrected chi connectivity index (χ2v) is 8.65. The van der Waals surface area contributed by atoms with Crippen LogP contribution in [0.3, 0.4) is 0 Å². The Morgan fingerprint density at radius 1 is 0.667 bits per heavy atom. The number of ether oxygens (including phenoxy) is 1. The van der Waals surface area contributed by atoms with E-state index in [2.05, 4.69) is 10.6 Å². The van der Waals surface area contributed by atoms with Gasteiger partial charge in [0.05, 0.1) is 11.1 Å². The van der Waals surface area contributed by atoms with Crippen LogP contribution in [0.4, 0.5) is 0 Å².